The minimum Gasteiger partial charge on any atom is -0.493 e. The summed E-state index contributed by atoms with van der Waals surface area (Å²) in [7, 11) is 2.97. The van der Waals surface area contributed by atoms with E-state index in [0.29, 0.717) is 12.3 Å². The third-order valence-electron chi connectivity index (χ3n) is 2.72. The number of nitrogens with one attached hydrogen (secondary N) is 1. The van der Waals surface area contributed by atoms with Crippen LogP contribution in [0.2, 0.25) is 0 Å². The second-order valence-electron chi connectivity index (χ2n) is 4.33. The Morgan fingerprint density at radius 1 is 1.56 bits per heavy atom. The molecule has 1 N–H and O–H groups in total. The zero-order valence-corrected chi connectivity index (χ0v) is 11.4. The fourth-order valence-electron chi connectivity index (χ4n) is 1.68. The van der Waals surface area contributed by atoms with E-state index in [4.69, 9.17) is 9.47 Å². The summed E-state index contributed by atoms with van der Waals surface area (Å²) in [6.07, 6.45) is 4.29. The Hall–Kier alpha value is -1.56. The highest BCUT2D eigenvalue weighted by molar-refractivity contribution is 5.80. The van der Waals surface area contributed by atoms with Crippen LogP contribution in [0.15, 0.2) is 12.4 Å². The van der Waals surface area contributed by atoms with Gasteiger partial charge in [0.15, 0.2) is 5.75 Å². The molecule has 1 unspecified atom stereocenters. The average Bonchev–Trinajstić information content (AvgIpc) is 2.82. The molecule has 0 spiro atoms. The van der Waals surface area contributed by atoms with Crippen LogP contribution in [0.5, 0.6) is 5.75 Å². The first kappa shape index (κ1) is 14.5. The van der Waals surface area contributed by atoms with Gasteiger partial charge >= 0.3 is 5.97 Å². The van der Waals surface area contributed by atoms with Gasteiger partial charge in [-0.15, -0.1) is 0 Å². The van der Waals surface area contributed by atoms with Crippen molar-refractivity contribution in [3.63, 3.8) is 0 Å². The van der Waals surface area contributed by atoms with E-state index in [0.717, 1.165) is 13.0 Å². The summed E-state index contributed by atoms with van der Waals surface area (Å²) in [5.74, 6) is 0.364. The van der Waals surface area contributed by atoms with E-state index >= 15 is 0 Å². The first-order chi connectivity index (χ1) is 8.55. The largest absolute Gasteiger partial charge is 0.493 e. The molecule has 0 aliphatic carbocycles. The number of carbonyl (C=O) groups is 1. The fraction of sp³-hybridized carbons (Fsp3) is 0.667. The van der Waals surface area contributed by atoms with Crippen LogP contribution in [0.4, 0.5) is 0 Å². The van der Waals surface area contributed by atoms with Crippen molar-refractivity contribution < 1.29 is 14.3 Å². The molecule has 0 saturated carbocycles. The van der Waals surface area contributed by atoms with Crippen LogP contribution in [0, 0.1) is 0 Å². The SMILES string of the molecule is CCCNC(C)(Cn1cc(OC)cn1)C(=O)OC. The van der Waals surface area contributed by atoms with Crippen molar-refractivity contribution in [1.82, 2.24) is 15.1 Å². The summed E-state index contributed by atoms with van der Waals surface area (Å²) < 4.78 is 11.6. The molecule has 6 heteroatoms. The summed E-state index contributed by atoms with van der Waals surface area (Å²) in [5.41, 5.74) is -0.790. The van der Waals surface area contributed by atoms with Crippen molar-refractivity contribution in [3.05, 3.63) is 12.4 Å². The molecule has 1 heterocycles. The lowest BCUT2D eigenvalue weighted by molar-refractivity contribution is -0.148. The van der Waals surface area contributed by atoms with E-state index in [9.17, 15) is 4.79 Å². The molecule has 6 nitrogen and oxygen atoms in total. The molecule has 0 saturated heterocycles. The van der Waals surface area contributed by atoms with Crippen LogP contribution in [-0.4, -0.2) is 42.1 Å². The number of ether oxygens (including phenoxy) is 2. The minimum atomic E-state index is -0.790. The molecule has 0 aliphatic rings. The molecule has 0 radical (unpaired) electrons. The van der Waals surface area contributed by atoms with Crippen molar-refractivity contribution in [3.8, 4) is 5.75 Å². The van der Waals surface area contributed by atoms with Gasteiger partial charge in [0.1, 0.15) is 5.54 Å². The van der Waals surface area contributed by atoms with Gasteiger partial charge in [0.2, 0.25) is 0 Å². The Morgan fingerprint density at radius 2 is 2.28 bits per heavy atom. The third-order valence-corrected chi connectivity index (χ3v) is 2.72. The van der Waals surface area contributed by atoms with Crippen molar-refractivity contribution in [2.45, 2.75) is 32.4 Å². The number of esters is 1. The maximum absolute atomic E-state index is 11.9. The van der Waals surface area contributed by atoms with E-state index < -0.39 is 5.54 Å². The van der Waals surface area contributed by atoms with Gasteiger partial charge in [-0.05, 0) is 19.9 Å². The zero-order chi connectivity index (χ0) is 13.6. The number of rotatable bonds is 7. The van der Waals surface area contributed by atoms with Crippen LogP contribution >= 0.6 is 0 Å². The number of hydrogen-bond acceptors (Lipinski definition) is 5. The van der Waals surface area contributed by atoms with Gasteiger partial charge in [0.25, 0.3) is 0 Å². The Kier molecular flexibility index (Phi) is 5.15. The highest BCUT2D eigenvalue weighted by atomic mass is 16.5. The van der Waals surface area contributed by atoms with E-state index in [2.05, 4.69) is 10.4 Å². The molecule has 1 atom stereocenters. The molecule has 1 rings (SSSR count). The predicted octanol–water partition coefficient (Wildman–Crippen LogP) is 0.823. The monoisotopic (exact) mass is 255 g/mol. The number of hydrogen-bond donors (Lipinski definition) is 1. The van der Waals surface area contributed by atoms with Gasteiger partial charge in [-0.1, -0.05) is 6.92 Å². The lowest BCUT2D eigenvalue weighted by Gasteiger charge is -2.27. The Bertz CT molecular complexity index is 392. The summed E-state index contributed by atoms with van der Waals surface area (Å²) in [4.78, 5) is 11.9. The lowest BCUT2D eigenvalue weighted by atomic mass is 10.0. The van der Waals surface area contributed by atoms with E-state index in [1.807, 2.05) is 13.8 Å². The maximum Gasteiger partial charge on any atom is 0.327 e. The van der Waals surface area contributed by atoms with Gasteiger partial charge < -0.3 is 14.8 Å². The fourth-order valence-corrected chi connectivity index (χ4v) is 1.68. The Balaban J connectivity index is 2.80. The van der Waals surface area contributed by atoms with Gasteiger partial charge in [-0.3, -0.25) is 4.68 Å². The first-order valence-corrected chi connectivity index (χ1v) is 5.95. The number of aromatic nitrogens is 2. The molecule has 1 aromatic heterocycles. The van der Waals surface area contributed by atoms with Gasteiger partial charge in [0, 0.05) is 0 Å². The van der Waals surface area contributed by atoms with Crippen LogP contribution in [0.25, 0.3) is 0 Å². The second-order valence-corrected chi connectivity index (χ2v) is 4.33. The summed E-state index contributed by atoms with van der Waals surface area (Å²) >= 11 is 0. The normalized spacial score (nSPS) is 14.0. The molecule has 18 heavy (non-hydrogen) atoms. The number of nitrogens with zero attached hydrogens (tertiary/aromatic N) is 2. The third kappa shape index (κ3) is 3.46. The van der Waals surface area contributed by atoms with Crippen molar-refractivity contribution in [2.24, 2.45) is 0 Å². The van der Waals surface area contributed by atoms with Crippen molar-refractivity contribution >= 4 is 5.97 Å². The lowest BCUT2D eigenvalue weighted by Crippen LogP contribution is -2.53. The number of carbonyl (C=O) groups excluding carboxylic acids is 1. The molecule has 102 valence electrons. The summed E-state index contributed by atoms with van der Waals surface area (Å²) in [6.45, 7) is 4.98. The second kappa shape index (κ2) is 6.39. The molecule has 1 aromatic rings. The van der Waals surface area contributed by atoms with E-state index in [1.165, 1.54) is 7.11 Å². The van der Waals surface area contributed by atoms with Gasteiger partial charge in [-0.25, -0.2) is 4.79 Å². The van der Waals surface area contributed by atoms with Gasteiger partial charge in [0.05, 0.1) is 33.2 Å². The van der Waals surface area contributed by atoms with Gasteiger partial charge in [-0.2, -0.15) is 5.10 Å². The maximum atomic E-state index is 11.9. The first-order valence-electron chi connectivity index (χ1n) is 5.95. The molecular weight excluding hydrogens is 234 g/mol. The molecule has 0 aliphatic heterocycles. The summed E-state index contributed by atoms with van der Waals surface area (Å²) in [5, 5.41) is 7.34. The molecule has 0 aromatic carbocycles. The smallest absolute Gasteiger partial charge is 0.327 e. The van der Waals surface area contributed by atoms with Crippen LogP contribution < -0.4 is 10.1 Å². The standard InChI is InChI=1S/C12H21N3O3/c1-5-6-13-12(2,11(16)18-4)9-15-8-10(17-3)7-14-15/h7-8,13H,5-6,9H2,1-4H3. The van der Waals surface area contributed by atoms with Crippen LogP contribution in [-0.2, 0) is 16.1 Å². The molecule has 0 bridgehead atoms. The molecule has 0 fully saturated rings. The summed E-state index contributed by atoms with van der Waals surface area (Å²) in [6, 6.07) is 0. The molecule has 0 amide bonds. The van der Waals surface area contributed by atoms with Crippen LogP contribution in [0.3, 0.4) is 0 Å². The zero-order valence-electron chi connectivity index (χ0n) is 11.4. The highest BCUT2D eigenvalue weighted by Gasteiger charge is 2.34. The minimum absolute atomic E-state index is 0.301. The Morgan fingerprint density at radius 3 is 2.78 bits per heavy atom. The predicted molar refractivity (Wildman–Crippen MR) is 67.5 cm³/mol. The van der Waals surface area contributed by atoms with E-state index in [1.54, 1.807) is 24.2 Å². The van der Waals surface area contributed by atoms with E-state index in [-0.39, 0.29) is 5.97 Å². The average molecular weight is 255 g/mol. The Labute approximate surface area is 107 Å². The van der Waals surface area contributed by atoms with Crippen LogP contribution in [0.1, 0.15) is 20.3 Å². The quantitative estimate of drug-likeness (QED) is 0.731. The topological polar surface area (TPSA) is 65.4 Å². The van der Waals surface area contributed by atoms with Crippen molar-refractivity contribution in [2.75, 3.05) is 20.8 Å². The number of methoxy groups -OCH3 is 2. The highest BCUT2D eigenvalue weighted by Crippen LogP contribution is 2.13. The van der Waals surface area contributed by atoms with Crippen molar-refractivity contribution in [1.29, 1.82) is 0 Å². The molecular formula is C12H21N3O3.